The lowest BCUT2D eigenvalue weighted by molar-refractivity contribution is -0.186. The molecule has 0 radical (unpaired) electrons. The van der Waals surface area contributed by atoms with E-state index in [1.54, 1.807) is 0 Å². The Labute approximate surface area is 163 Å². The van der Waals surface area contributed by atoms with E-state index >= 15 is 0 Å². The summed E-state index contributed by atoms with van der Waals surface area (Å²) < 4.78 is 72.8. The van der Waals surface area contributed by atoms with E-state index in [1.807, 2.05) is 5.32 Å². The van der Waals surface area contributed by atoms with E-state index < -0.39 is 55.7 Å². The summed E-state index contributed by atoms with van der Waals surface area (Å²) in [7, 11) is -4.15. The van der Waals surface area contributed by atoms with Crippen LogP contribution in [0.25, 0.3) is 0 Å². The van der Waals surface area contributed by atoms with E-state index in [-0.39, 0.29) is 5.69 Å². The predicted molar refractivity (Wildman–Crippen MR) is 92.7 cm³/mol. The zero-order valence-corrected chi connectivity index (χ0v) is 16.1. The van der Waals surface area contributed by atoms with Crippen LogP contribution in [0.1, 0.15) is 13.8 Å². The van der Waals surface area contributed by atoms with Crippen molar-refractivity contribution in [1.29, 1.82) is 0 Å². The number of ether oxygens (including phenoxy) is 1. The second-order valence-corrected chi connectivity index (χ2v) is 7.69. The number of hydrogen-bond donors (Lipinski definition) is 3. The normalized spacial score (nSPS) is 19.7. The molecule has 0 bridgehead atoms. The Kier molecular flexibility index (Phi) is 5.77. The first kappa shape index (κ1) is 22.4. The molecule has 158 valence electrons. The maximum Gasteiger partial charge on any atom is 0.421 e. The van der Waals surface area contributed by atoms with E-state index in [2.05, 4.69) is 10.1 Å². The van der Waals surface area contributed by atoms with Gasteiger partial charge >= 0.3 is 12.1 Å². The monoisotopic (exact) mass is 435 g/mol. The topological polar surface area (TPSA) is 131 Å². The van der Waals surface area contributed by atoms with Gasteiger partial charge in [0.15, 0.2) is 0 Å². The van der Waals surface area contributed by atoms with Crippen molar-refractivity contribution in [2.75, 3.05) is 12.4 Å². The number of rotatable bonds is 5. The third-order valence-corrected chi connectivity index (χ3v) is 5.45. The van der Waals surface area contributed by atoms with E-state index in [0.717, 1.165) is 38.3 Å². The first-order chi connectivity index (χ1) is 13.3. The third-order valence-electron chi connectivity index (χ3n) is 3.98. The zero-order valence-electron chi connectivity index (χ0n) is 15.3. The summed E-state index contributed by atoms with van der Waals surface area (Å²) in [5, 5.41) is 4.19. The van der Waals surface area contributed by atoms with Crippen LogP contribution < -0.4 is 15.4 Å². The lowest BCUT2D eigenvalue weighted by Crippen LogP contribution is -2.65. The molecule has 29 heavy (non-hydrogen) atoms. The summed E-state index contributed by atoms with van der Waals surface area (Å²) in [6, 6.07) is 4.15. The molecule has 0 aliphatic carbocycles. The molecule has 1 aliphatic heterocycles. The minimum Gasteiger partial charge on any atom is -0.466 e. The number of halogens is 3. The fraction of sp³-hybridized carbons (Fsp3) is 0.312. The number of sulfonamides is 1. The van der Waals surface area contributed by atoms with Gasteiger partial charge in [0.1, 0.15) is 0 Å². The fourth-order valence-electron chi connectivity index (χ4n) is 2.74. The lowest BCUT2D eigenvalue weighted by atomic mass is 9.91. The summed E-state index contributed by atoms with van der Waals surface area (Å²) in [6.07, 6.45) is -5.51. The summed E-state index contributed by atoms with van der Waals surface area (Å²) in [5.74, 6) is -3.76. The summed E-state index contributed by atoms with van der Waals surface area (Å²) in [4.78, 5) is 34.6. The van der Waals surface area contributed by atoms with Gasteiger partial charge in [-0.1, -0.05) is 0 Å². The number of nitrogens with one attached hydrogen (secondary N) is 3. The van der Waals surface area contributed by atoms with Crippen LogP contribution >= 0.6 is 0 Å². The van der Waals surface area contributed by atoms with Gasteiger partial charge in [0.05, 0.1) is 17.6 Å². The molecule has 0 spiro atoms. The predicted octanol–water partition coefficient (Wildman–Crippen LogP) is 0.801. The van der Waals surface area contributed by atoms with Gasteiger partial charge in [0.2, 0.25) is 21.5 Å². The van der Waals surface area contributed by atoms with Crippen LogP contribution in [0.3, 0.4) is 0 Å². The molecular weight excluding hydrogens is 419 g/mol. The number of alkyl halides is 3. The first-order valence-corrected chi connectivity index (χ1v) is 9.34. The zero-order chi connectivity index (χ0) is 22.2. The smallest absolute Gasteiger partial charge is 0.421 e. The van der Waals surface area contributed by atoms with Crippen LogP contribution in [0, 0.1) is 0 Å². The molecular formula is C16H16F3N3O6S. The SMILES string of the molecule is COC(=O)C1=C(C)NC(=O)[C@@]1(NS(=O)(=O)c1ccc(NC(C)=O)cc1)C(F)(F)F. The van der Waals surface area contributed by atoms with Crippen molar-refractivity contribution in [3.8, 4) is 0 Å². The van der Waals surface area contributed by atoms with E-state index in [1.165, 1.54) is 11.6 Å². The van der Waals surface area contributed by atoms with Crippen LogP contribution in [0.2, 0.25) is 0 Å². The van der Waals surface area contributed by atoms with Crippen molar-refractivity contribution >= 4 is 33.5 Å². The van der Waals surface area contributed by atoms with Crippen molar-refractivity contribution in [3.05, 3.63) is 35.5 Å². The van der Waals surface area contributed by atoms with E-state index in [0.29, 0.717) is 0 Å². The molecule has 1 atom stereocenters. The molecule has 1 aliphatic rings. The molecule has 0 saturated carbocycles. The molecule has 9 nitrogen and oxygen atoms in total. The van der Waals surface area contributed by atoms with Gasteiger partial charge in [-0.25, -0.2) is 13.2 Å². The fourth-order valence-corrected chi connectivity index (χ4v) is 4.06. The van der Waals surface area contributed by atoms with Crippen LogP contribution in [0.5, 0.6) is 0 Å². The Bertz CT molecular complexity index is 1000. The van der Waals surface area contributed by atoms with Crippen LogP contribution in [-0.2, 0) is 29.1 Å². The second-order valence-electron chi connectivity index (χ2n) is 6.00. The van der Waals surface area contributed by atoms with Crippen molar-refractivity contribution in [2.45, 2.75) is 30.5 Å². The van der Waals surface area contributed by atoms with Crippen LogP contribution in [-0.4, -0.2) is 45.0 Å². The summed E-state index contributed by atoms with van der Waals surface area (Å²) in [6.45, 7) is 2.22. The number of esters is 1. The van der Waals surface area contributed by atoms with E-state index in [4.69, 9.17) is 0 Å². The average molecular weight is 435 g/mol. The second kappa shape index (κ2) is 7.48. The highest BCUT2D eigenvalue weighted by molar-refractivity contribution is 7.89. The number of carbonyl (C=O) groups excluding carboxylic acids is 3. The minimum atomic E-state index is -5.51. The number of anilines is 1. The highest BCUT2D eigenvalue weighted by Gasteiger charge is 2.69. The van der Waals surface area contributed by atoms with Crippen molar-refractivity contribution < 1.29 is 40.7 Å². The summed E-state index contributed by atoms with van der Waals surface area (Å²) in [5.41, 5.74) is -5.38. The maximum atomic E-state index is 14.0. The number of allylic oxidation sites excluding steroid dienone is 1. The lowest BCUT2D eigenvalue weighted by Gasteiger charge is -2.31. The highest BCUT2D eigenvalue weighted by Crippen LogP contribution is 2.42. The van der Waals surface area contributed by atoms with Gasteiger partial charge in [-0.05, 0) is 31.2 Å². The molecule has 13 heteroatoms. The van der Waals surface area contributed by atoms with Gasteiger partial charge in [-0.2, -0.15) is 17.9 Å². The molecule has 1 heterocycles. The molecule has 0 fully saturated rings. The van der Waals surface area contributed by atoms with Crippen molar-refractivity contribution in [1.82, 2.24) is 10.0 Å². The molecule has 1 aromatic rings. The Morgan fingerprint density at radius 3 is 2.17 bits per heavy atom. The molecule has 3 N–H and O–H groups in total. The number of methoxy groups -OCH3 is 1. The number of hydrogen-bond acceptors (Lipinski definition) is 6. The molecule has 2 amide bonds. The Morgan fingerprint density at radius 2 is 1.72 bits per heavy atom. The largest absolute Gasteiger partial charge is 0.466 e. The van der Waals surface area contributed by atoms with Gasteiger partial charge < -0.3 is 15.4 Å². The molecule has 1 aromatic carbocycles. The number of benzene rings is 1. The van der Waals surface area contributed by atoms with Crippen LogP contribution in [0.4, 0.5) is 18.9 Å². The standard InChI is InChI=1S/C16H16F3N3O6S/c1-8-12(13(24)28-3)15(14(25)20-8,16(17,18)19)22-29(26,27)11-6-4-10(5-7-11)21-9(2)23/h4-7,22H,1-3H3,(H,20,25)(H,21,23)/t15-/m1/s1. The molecule has 2 rings (SSSR count). The quantitative estimate of drug-likeness (QED) is 0.587. The average Bonchev–Trinajstić information content (AvgIpc) is 2.84. The number of amides is 2. The Balaban J connectivity index is 2.57. The van der Waals surface area contributed by atoms with Crippen LogP contribution in [0.15, 0.2) is 40.4 Å². The van der Waals surface area contributed by atoms with Gasteiger partial charge in [-0.15, -0.1) is 0 Å². The minimum absolute atomic E-state index is 0.201. The van der Waals surface area contributed by atoms with Crippen molar-refractivity contribution in [3.63, 3.8) is 0 Å². The van der Waals surface area contributed by atoms with Crippen molar-refractivity contribution in [2.24, 2.45) is 0 Å². The third kappa shape index (κ3) is 3.96. The first-order valence-electron chi connectivity index (χ1n) is 7.85. The Hall–Kier alpha value is -2.93. The van der Waals surface area contributed by atoms with E-state index in [9.17, 15) is 36.0 Å². The maximum absolute atomic E-state index is 14.0. The molecule has 0 aromatic heterocycles. The summed E-state index contributed by atoms with van der Waals surface area (Å²) >= 11 is 0. The number of carbonyl (C=O) groups is 3. The van der Waals surface area contributed by atoms with Gasteiger partial charge in [0, 0.05) is 18.3 Å². The van der Waals surface area contributed by atoms with Gasteiger partial charge in [-0.3, -0.25) is 9.59 Å². The molecule has 0 saturated heterocycles. The Morgan fingerprint density at radius 1 is 1.17 bits per heavy atom. The highest BCUT2D eigenvalue weighted by atomic mass is 32.2. The van der Waals surface area contributed by atoms with Gasteiger partial charge in [0.25, 0.3) is 5.91 Å². The molecule has 0 unspecified atom stereocenters.